The lowest BCUT2D eigenvalue weighted by atomic mass is 10.2. The maximum atomic E-state index is 12.4. The lowest BCUT2D eigenvalue weighted by Gasteiger charge is -2.10. The highest BCUT2D eigenvalue weighted by molar-refractivity contribution is 7.99. The van der Waals surface area contributed by atoms with E-state index in [0.29, 0.717) is 30.2 Å². The fraction of sp³-hybridized carbons (Fsp3) is 0.421. The first-order chi connectivity index (χ1) is 13.0. The van der Waals surface area contributed by atoms with Crippen molar-refractivity contribution in [3.63, 3.8) is 0 Å². The topological polar surface area (TPSA) is 81.9 Å². The van der Waals surface area contributed by atoms with Gasteiger partial charge in [0.25, 0.3) is 5.56 Å². The Labute approximate surface area is 161 Å². The van der Waals surface area contributed by atoms with Gasteiger partial charge in [-0.25, -0.2) is 9.78 Å². The number of imidazole rings is 1. The maximum absolute atomic E-state index is 12.4. The molecule has 0 unspecified atom stereocenters. The quantitative estimate of drug-likeness (QED) is 0.600. The Balaban J connectivity index is 1.90. The zero-order valence-electron chi connectivity index (χ0n) is 15.8. The molecule has 27 heavy (non-hydrogen) atoms. The molecule has 8 heteroatoms. The van der Waals surface area contributed by atoms with E-state index in [1.54, 1.807) is 18.8 Å². The van der Waals surface area contributed by atoms with Crippen molar-refractivity contribution in [1.82, 2.24) is 19.1 Å². The number of benzene rings is 1. The summed E-state index contributed by atoms with van der Waals surface area (Å²) in [6, 6.07) is 9.53. The van der Waals surface area contributed by atoms with Crippen LogP contribution in [0.3, 0.4) is 0 Å². The molecule has 0 amide bonds. The molecule has 7 nitrogen and oxygen atoms in total. The van der Waals surface area contributed by atoms with Crippen LogP contribution in [0, 0.1) is 5.92 Å². The largest absolute Gasteiger partial charge is 0.492 e. The molecule has 2 heterocycles. The Kier molecular flexibility index (Phi) is 6.05. The van der Waals surface area contributed by atoms with Gasteiger partial charge in [0.1, 0.15) is 12.4 Å². The summed E-state index contributed by atoms with van der Waals surface area (Å²) in [5, 5.41) is 0.731. The first-order valence-electron chi connectivity index (χ1n) is 8.97. The van der Waals surface area contributed by atoms with Crippen LogP contribution in [-0.4, -0.2) is 31.5 Å². The number of nitrogens with zero attached hydrogens (tertiary/aromatic N) is 3. The summed E-state index contributed by atoms with van der Waals surface area (Å²) in [6.07, 6.45) is 1.05. The van der Waals surface area contributed by atoms with Gasteiger partial charge >= 0.3 is 5.69 Å². The van der Waals surface area contributed by atoms with Crippen LogP contribution >= 0.6 is 11.8 Å². The minimum absolute atomic E-state index is 0.398. The molecule has 0 spiro atoms. The number of thioether (sulfide) groups is 1. The number of hydrogen-bond acceptors (Lipinski definition) is 5. The van der Waals surface area contributed by atoms with Crippen molar-refractivity contribution >= 4 is 22.9 Å². The smallest absolute Gasteiger partial charge is 0.329 e. The third-order valence-electron chi connectivity index (χ3n) is 4.23. The van der Waals surface area contributed by atoms with Crippen molar-refractivity contribution in [1.29, 1.82) is 0 Å². The fourth-order valence-corrected chi connectivity index (χ4v) is 3.95. The third-order valence-corrected chi connectivity index (χ3v) is 5.23. The summed E-state index contributed by atoms with van der Waals surface area (Å²) in [4.78, 5) is 31.3. The van der Waals surface area contributed by atoms with Gasteiger partial charge in [-0.15, -0.1) is 0 Å². The first kappa shape index (κ1) is 19.3. The zero-order valence-corrected chi connectivity index (χ0v) is 16.6. The number of aromatic amines is 1. The van der Waals surface area contributed by atoms with Crippen LogP contribution in [0.25, 0.3) is 11.2 Å². The molecule has 0 aliphatic carbocycles. The van der Waals surface area contributed by atoms with E-state index < -0.39 is 11.2 Å². The summed E-state index contributed by atoms with van der Waals surface area (Å²) in [6.45, 7) is 5.21. The second kappa shape index (κ2) is 8.47. The minimum atomic E-state index is -0.462. The Morgan fingerprint density at radius 1 is 1.22 bits per heavy atom. The molecule has 0 aliphatic heterocycles. The molecule has 1 aromatic carbocycles. The predicted octanol–water partition coefficient (Wildman–Crippen LogP) is 2.64. The molecule has 0 aliphatic rings. The van der Waals surface area contributed by atoms with E-state index in [-0.39, 0.29) is 0 Å². The van der Waals surface area contributed by atoms with Crippen LogP contribution < -0.4 is 16.0 Å². The van der Waals surface area contributed by atoms with Gasteiger partial charge in [-0.1, -0.05) is 43.8 Å². The number of fused-ring (bicyclic) bond motifs is 1. The highest BCUT2D eigenvalue weighted by Gasteiger charge is 2.17. The molecule has 0 atom stereocenters. The second-order valence-electron chi connectivity index (χ2n) is 6.73. The van der Waals surface area contributed by atoms with Gasteiger partial charge < -0.3 is 9.30 Å². The molecule has 3 rings (SSSR count). The minimum Gasteiger partial charge on any atom is -0.492 e. The number of hydrogen-bond donors (Lipinski definition) is 1. The average Bonchev–Trinajstić information content (AvgIpc) is 3.00. The number of rotatable bonds is 8. The molecule has 0 bridgehead atoms. The van der Waals surface area contributed by atoms with Gasteiger partial charge in [-0.05, 0) is 24.5 Å². The van der Waals surface area contributed by atoms with Crippen LogP contribution in [0.1, 0.15) is 20.3 Å². The van der Waals surface area contributed by atoms with Gasteiger partial charge in [-0.2, -0.15) is 0 Å². The maximum Gasteiger partial charge on any atom is 0.329 e. The number of nitrogens with one attached hydrogen (secondary N) is 1. The number of aromatic nitrogens is 4. The highest BCUT2D eigenvalue weighted by Crippen LogP contribution is 2.23. The molecule has 1 N–H and O–H groups in total. The fourth-order valence-electron chi connectivity index (χ4n) is 2.69. The molecule has 0 saturated carbocycles. The lowest BCUT2D eigenvalue weighted by Crippen LogP contribution is -2.29. The van der Waals surface area contributed by atoms with E-state index in [1.807, 2.05) is 34.9 Å². The van der Waals surface area contributed by atoms with Gasteiger partial charge in [0.15, 0.2) is 16.3 Å². The molecule has 0 fully saturated rings. The SMILES string of the molecule is CC(C)CCSc1nc2c(c(=O)[nH]c(=O)n2C)n1CCOc1ccccc1. The second-order valence-corrected chi connectivity index (χ2v) is 7.79. The summed E-state index contributed by atoms with van der Waals surface area (Å²) in [5.41, 5.74) is -0.0799. The van der Waals surface area contributed by atoms with Crippen molar-refractivity contribution < 1.29 is 4.74 Å². The monoisotopic (exact) mass is 388 g/mol. The van der Waals surface area contributed by atoms with E-state index in [9.17, 15) is 9.59 Å². The molecular weight excluding hydrogens is 364 g/mol. The zero-order chi connectivity index (χ0) is 19.4. The average molecular weight is 388 g/mol. The molecule has 3 aromatic rings. The molecular formula is C19H24N4O3S. The Morgan fingerprint density at radius 3 is 2.67 bits per heavy atom. The van der Waals surface area contributed by atoms with Crippen LogP contribution in [-0.2, 0) is 13.6 Å². The number of aryl methyl sites for hydroxylation is 1. The van der Waals surface area contributed by atoms with Crippen molar-refractivity contribution in [3.8, 4) is 5.75 Å². The third kappa shape index (κ3) is 4.44. The van der Waals surface area contributed by atoms with Crippen molar-refractivity contribution in [2.45, 2.75) is 32.0 Å². The molecule has 0 saturated heterocycles. The Bertz CT molecular complexity index is 1020. The van der Waals surface area contributed by atoms with E-state index in [2.05, 4.69) is 23.8 Å². The molecule has 2 aromatic heterocycles. The van der Waals surface area contributed by atoms with Crippen molar-refractivity contribution in [3.05, 3.63) is 51.2 Å². The normalized spacial score (nSPS) is 11.4. The summed E-state index contributed by atoms with van der Waals surface area (Å²) in [5.74, 6) is 2.26. The van der Waals surface area contributed by atoms with Gasteiger partial charge in [-0.3, -0.25) is 14.3 Å². The molecule has 0 radical (unpaired) electrons. The van der Waals surface area contributed by atoms with Crippen LogP contribution in [0.5, 0.6) is 5.75 Å². The molecule has 144 valence electrons. The van der Waals surface area contributed by atoms with E-state index in [1.165, 1.54) is 4.57 Å². The highest BCUT2D eigenvalue weighted by atomic mass is 32.2. The van der Waals surface area contributed by atoms with Gasteiger partial charge in [0.2, 0.25) is 0 Å². The van der Waals surface area contributed by atoms with E-state index >= 15 is 0 Å². The summed E-state index contributed by atoms with van der Waals surface area (Å²) in [7, 11) is 1.61. The van der Waals surface area contributed by atoms with Crippen LogP contribution in [0.4, 0.5) is 0 Å². The van der Waals surface area contributed by atoms with Crippen molar-refractivity contribution in [2.24, 2.45) is 13.0 Å². The number of para-hydroxylation sites is 1. The van der Waals surface area contributed by atoms with Gasteiger partial charge in [0, 0.05) is 12.8 Å². The standard InChI is InChI=1S/C19H24N4O3S/c1-13(2)9-12-27-19-20-16-15(17(24)21-18(25)22(16)3)23(19)10-11-26-14-7-5-4-6-8-14/h4-8,13H,9-12H2,1-3H3,(H,21,24,25). The Morgan fingerprint density at radius 2 is 1.96 bits per heavy atom. The summed E-state index contributed by atoms with van der Waals surface area (Å²) >= 11 is 1.60. The van der Waals surface area contributed by atoms with E-state index in [0.717, 1.165) is 23.1 Å². The van der Waals surface area contributed by atoms with Crippen molar-refractivity contribution in [2.75, 3.05) is 12.4 Å². The van der Waals surface area contributed by atoms with Crippen LogP contribution in [0.15, 0.2) is 45.1 Å². The number of ether oxygens (including phenoxy) is 1. The predicted molar refractivity (Wildman–Crippen MR) is 108 cm³/mol. The Hall–Kier alpha value is -2.48. The van der Waals surface area contributed by atoms with Crippen LogP contribution in [0.2, 0.25) is 0 Å². The lowest BCUT2D eigenvalue weighted by molar-refractivity contribution is 0.295. The first-order valence-corrected chi connectivity index (χ1v) is 9.96. The van der Waals surface area contributed by atoms with E-state index in [4.69, 9.17) is 4.74 Å². The number of H-pyrrole nitrogens is 1. The summed E-state index contributed by atoms with van der Waals surface area (Å²) < 4.78 is 9.00. The van der Waals surface area contributed by atoms with Gasteiger partial charge in [0.05, 0.1) is 6.54 Å².